The lowest BCUT2D eigenvalue weighted by Crippen LogP contribution is -2.57. The maximum absolute atomic E-state index is 12.5. The minimum atomic E-state index is -1.47. The van der Waals surface area contributed by atoms with Gasteiger partial charge >= 0.3 is 12.1 Å². The SMILES string of the molecule is Cc1c(C2(O)CN3CCCN(C(=O)OC(C)(C)C)CC3CO2)ccc2c1COC2=O. The van der Waals surface area contributed by atoms with Crippen molar-refractivity contribution < 1.29 is 28.9 Å². The van der Waals surface area contributed by atoms with Crippen molar-refractivity contribution in [2.24, 2.45) is 0 Å². The summed E-state index contributed by atoms with van der Waals surface area (Å²) in [5, 5.41) is 11.4. The summed E-state index contributed by atoms with van der Waals surface area (Å²) in [5.74, 6) is -1.80. The molecule has 3 heterocycles. The van der Waals surface area contributed by atoms with Gasteiger partial charge in [-0.05, 0) is 45.7 Å². The molecule has 1 amide bonds. The normalized spacial score (nSPS) is 27.2. The summed E-state index contributed by atoms with van der Waals surface area (Å²) >= 11 is 0. The Morgan fingerprint density at radius 2 is 2.07 bits per heavy atom. The third kappa shape index (κ3) is 3.91. The predicted octanol–water partition coefficient (Wildman–Crippen LogP) is 2.15. The van der Waals surface area contributed by atoms with Crippen LogP contribution in [-0.4, -0.2) is 71.4 Å². The van der Waals surface area contributed by atoms with Gasteiger partial charge in [0.15, 0.2) is 0 Å². The third-order valence-electron chi connectivity index (χ3n) is 5.99. The summed E-state index contributed by atoms with van der Waals surface area (Å²) in [4.78, 5) is 28.3. The highest BCUT2D eigenvalue weighted by atomic mass is 16.6. The number of carbonyl (C=O) groups excluding carboxylic acids is 2. The molecule has 164 valence electrons. The third-order valence-corrected chi connectivity index (χ3v) is 5.99. The zero-order valence-corrected chi connectivity index (χ0v) is 18.1. The first-order chi connectivity index (χ1) is 14.1. The number of hydrogen-bond acceptors (Lipinski definition) is 7. The van der Waals surface area contributed by atoms with Crippen LogP contribution in [-0.2, 0) is 26.6 Å². The van der Waals surface area contributed by atoms with Crippen LogP contribution in [0, 0.1) is 6.92 Å². The predicted molar refractivity (Wildman–Crippen MR) is 108 cm³/mol. The first-order valence-electron chi connectivity index (χ1n) is 10.5. The van der Waals surface area contributed by atoms with Crippen LogP contribution in [0.5, 0.6) is 0 Å². The summed E-state index contributed by atoms with van der Waals surface area (Å²) in [7, 11) is 0. The molecule has 3 aliphatic rings. The van der Waals surface area contributed by atoms with Gasteiger partial charge in [-0.15, -0.1) is 0 Å². The average Bonchev–Trinajstić information content (AvgIpc) is 2.91. The maximum atomic E-state index is 12.5. The van der Waals surface area contributed by atoms with E-state index in [0.717, 1.165) is 24.1 Å². The van der Waals surface area contributed by atoms with Gasteiger partial charge in [0.2, 0.25) is 5.79 Å². The van der Waals surface area contributed by atoms with Crippen molar-refractivity contribution in [3.63, 3.8) is 0 Å². The number of rotatable bonds is 1. The summed E-state index contributed by atoms with van der Waals surface area (Å²) in [5.41, 5.74) is 2.30. The van der Waals surface area contributed by atoms with E-state index >= 15 is 0 Å². The van der Waals surface area contributed by atoms with Gasteiger partial charge in [0.25, 0.3) is 0 Å². The van der Waals surface area contributed by atoms with Crippen LogP contribution in [0.4, 0.5) is 4.79 Å². The first-order valence-corrected chi connectivity index (χ1v) is 10.5. The monoisotopic (exact) mass is 418 g/mol. The van der Waals surface area contributed by atoms with E-state index in [-0.39, 0.29) is 24.7 Å². The fraction of sp³-hybridized carbons (Fsp3) is 0.636. The molecule has 0 saturated carbocycles. The van der Waals surface area contributed by atoms with Crippen LogP contribution in [0.2, 0.25) is 0 Å². The molecule has 30 heavy (non-hydrogen) atoms. The standard InChI is InChI=1S/C22H30N2O6/c1-14-17-12-28-19(25)16(17)6-7-18(14)22(27)13-24-9-5-8-23(10-15(24)11-29-22)20(26)30-21(2,3)4/h6-7,15,27H,5,8-13H2,1-4H3. The van der Waals surface area contributed by atoms with Crippen molar-refractivity contribution in [1.29, 1.82) is 0 Å². The zero-order chi connectivity index (χ0) is 21.7. The van der Waals surface area contributed by atoms with Gasteiger partial charge < -0.3 is 24.2 Å². The molecule has 2 atom stereocenters. The molecule has 3 aliphatic heterocycles. The lowest BCUT2D eigenvalue weighted by molar-refractivity contribution is -0.260. The van der Waals surface area contributed by atoms with Gasteiger partial charge in [-0.1, -0.05) is 6.07 Å². The molecule has 2 saturated heterocycles. The van der Waals surface area contributed by atoms with E-state index in [2.05, 4.69) is 4.90 Å². The number of cyclic esters (lactones) is 1. The highest BCUT2D eigenvalue weighted by molar-refractivity contribution is 5.94. The fourth-order valence-corrected chi connectivity index (χ4v) is 4.46. The van der Waals surface area contributed by atoms with E-state index in [4.69, 9.17) is 14.2 Å². The number of benzene rings is 1. The van der Waals surface area contributed by atoms with Crippen LogP contribution in [0.25, 0.3) is 0 Å². The lowest BCUT2D eigenvalue weighted by Gasteiger charge is -2.44. The van der Waals surface area contributed by atoms with Crippen molar-refractivity contribution in [2.45, 2.75) is 58.2 Å². The summed E-state index contributed by atoms with van der Waals surface area (Å²) in [6.45, 7) is 10.1. The Labute approximate surface area is 176 Å². The van der Waals surface area contributed by atoms with Crippen molar-refractivity contribution in [3.05, 3.63) is 34.4 Å². The van der Waals surface area contributed by atoms with E-state index < -0.39 is 11.4 Å². The van der Waals surface area contributed by atoms with Gasteiger partial charge in [-0.25, -0.2) is 9.59 Å². The maximum Gasteiger partial charge on any atom is 0.410 e. The topological polar surface area (TPSA) is 88.5 Å². The molecule has 2 fully saturated rings. The van der Waals surface area contributed by atoms with E-state index in [1.807, 2.05) is 27.7 Å². The van der Waals surface area contributed by atoms with E-state index in [1.54, 1.807) is 17.0 Å². The van der Waals surface area contributed by atoms with E-state index in [1.165, 1.54) is 0 Å². The molecule has 2 unspecified atom stereocenters. The Morgan fingerprint density at radius 3 is 2.80 bits per heavy atom. The molecule has 0 aliphatic carbocycles. The highest BCUT2D eigenvalue weighted by Gasteiger charge is 2.44. The number of ether oxygens (including phenoxy) is 3. The average molecular weight is 418 g/mol. The second kappa shape index (κ2) is 7.51. The number of esters is 1. The number of aliphatic hydroxyl groups is 1. The molecule has 8 heteroatoms. The molecule has 8 nitrogen and oxygen atoms in total. The van der Waals surface area contributed by atoms with Crippen molar-refractivity contribution in [1.82, 2.24) is 9.80 Å². The van der Waals surface area contributed by atoms with Crippen LogP contribution >= 0.6 is 0 Å². The van der Waals surface area contributed by atoms with E-state index in [9.17, 15) is 14.7 Å². The largest absolute Gasteiger partial charge is 0.457 e. The zero-order valence-electron chi connectivity index (χ0n) is 18.1. The Kier molecular flexibility index (Phi) is 5.28. The Bertz CT molecular complexity index is 864. The van der Waals surface area contributed by atoms with Gasteiger partial charge in [0.05, 0.1) is 24.8 Å². The minimum Gasteiger partial charge on any atom is -0.457 e. The summed E-state index contributed by atoms with van der Waals surface area (Å²) in [6, 6.07) is 3.44. The molecule has 0 aromatic heterocycles. The molecule has 0 spiro atoms. The molecular weight excluding hydrogens is 388 g/mol. The fourth-order valence-electron chi connectivity index (χ4n) is 4.46. The number of fused-ring (bicyclic) bond motifs is 2. The molecule has 0 bridgehead atoms. The smallest absolute Gasteiger partial charge is 0.410 e. The molecule has 1 aromatic carbocycles. The Hall–Kier alpha value is -2.16. The number of carbonyl (C=O) groups is 2. The number of morpholine rings is 1. The second-order valence-electron chi connectivity index (χ2n) is 9.34. The Balaban J connectivity index is 1.51. The van der Waals surface area contributed by atoms with Crippen molar-refractivity contribution in [2.75, 3.05) is 32.8 Å². The minimum absolute atomic E-state index is 0.0139. The van der Waals surface area contributed by atoms with Crippen LogP contribution in [0.15, 0.2) is 12.1 Å². The van der Waals surface area contributed by atoms with Gasteiger partial charge in [-0.3, -0.25) is 4.90 Å². The van der Waals surface area contributed by atoms with Crippen LogP contribution < -0.4 is 0 Å². The van der Waals surface area contributed by atoms with Gasteiger partial charge in [-0.2, -0.15) is 0 Å². The molecule has 0 radical (unpaired) electrons. The number of hydrogen-bond donors (Lipinski definition) is 1. The quantitative estimate of drug-likeness (QED) is 0.699. The van der Waals surface area contributed by atoms with Crippen molar-refractivity contribution >= 4 is 12.1 Å². The highest BCUT2D eigenvalue weighted by Crippen LogP contribution is 2.36. The van der Waals surface area contributed by atoms with Crippen molar-refractivity contribution in [3.8, 4) is 0 Å². The number of amides is 1. The molecular formula is C22H30N2O6. The number of nitrogens with zero attached hydrogens (tertiary/aromatic N) is 2. The first kappa shape index (κ1) is 21.1. The van der Waals surface area contributed by atoms with Crippen LogP contribution in [0.3, 0.4) is 0 Å². The van der Waals surface area contributed by atoms with Gasteiger partial charge in [0.1, 0.15) is 12.2 Å². The lowest BCUT2D eigenvalue weighted by atomic mass is 9.92. The Morgan fingerprint density at radius 1 is 1.30 bits per heavy atom. The summed E-state index contributed by atoms with van der Waals surface area (Å²) < 4.78 is 16.6. The van der Waals surface area contributed by atoms with Crippen LogP contribution in [0.1, 0.15) is 54.2 Å². The second-order valence-corrected chi connectivity index (χ2v) is 9.34. The molecule has 1 N–H and O–H groups in total. The summed E-state index contributed by atoms with van der Waals surface area (Å²) in [6.07, 6.45) is 0.474. The van der Waals surface area contributed by atoms with Gasteiger partial charge in [0, 0.05) is 30.8 Å². The van der Waals surface area contributed by atoms with E-state index in [0.29, 0.717) is 37.4 Å². The molecule has 1 aromatic rings. The molecule has 4 rings (SSSR count).